The molecule has 0 fully saturated rings. The predicted octanol–water partition coefficient (Wildman–Crippen LogP) is 3.88. The summed E-state index contributed by atoms with van der Waals surface area (Å²) in [6, 6.07) is 4.99. The van der Waals surface area contributed by atoms with Gasteiger partial charge in [0.2, 0.25) is 0 Å². The predicted molar refractivity (Wildman–Crippen MR) is 74.8 cm³/mol. The van der Waals surface area contributed by atoms with Crippen LogP contribution in [0.15, 0.2) is 18.2 Å². The molecule has 0 radical (unpaired) electrons. The molecule has 0 N–H and O–H groups in total. The van der Waals surface area contributed by atoms with Crippen LogP contribution in [-0.2, 0) is 4.74 Å². The molecule has 5 heteroatoms. The van der Waals surface area contributed by atoms with E-state index >= 15 is 0 Å². The van der Waals surface area contributed by atoms with E-state index in [1.165, 1.54) is 4.57 Å². The Morgan fingerprint density at radius 3 is 2.70 bits per heavy atom. The second-order valence-electron chi connectivity index (χ2n) is 4.78. The number of fused-ring (bicyclic) bond motifs is 1. The molecule has 4 nitrogen and oxygen atoms in total. The molecular formula is C15H18FNO3. The lowest BCUT2D eigenvalue weighted by Gasteiger charge is -2.10. The van der Waals surface area contributed by atoms with Crippen molar-refractivity contribution < 1.29 is 18.7 Å². The third kappa shape index (κ3) is 2.48. The average Bonchev–Trinajstić information content (AvgIpc) is 2.62. The fraction of sp³-hybridized carbons (Fsp3) is 0.400. The van der Waals surface area contributed by atoms with Gasteiger partial charge in [0.15, 0.2) is 5.82 Å². The van der Waals surface area contributed by atoms with Gasteiger partial charge in [-0.25, -0.2) is 13.8 Å². The zero-order valence-electron chi connectivity index (χ0n) is 12.1. The van der Waals surface area contributed by atoms with E-state index in [9.17, 15) is 9.18 Å². The molecule has 0 aliphatic heterocycles. The number of carbonyl (C=O) groups excluding carboxylic acids is 1. The van der Waals surface area contributed by atoms with E-state index in [0.29, 0.717) is 16.7 Å². The highest BCUT2D eigenvalue weighted by Gasteiger charge is 2.20. The second kappa shape index (κ2) is 5.53. The number of ether oxygens (including phenoxy) is 2. The van der Waals surface area contributed by atoms with Crippen LogP contribution in [0, 0.1) is 12.7 Å². The molecule has 0 saturated heterocycles. The number of nitrogens with zero attached hydrogens (tertiary/aromatic N) is 1. The van der Waals surface area contributed by atoms with Gasteiger partial charge in [-0.2, -0.15) is 0 Å². The van der Waals surface area contributed by atoms with Crippen molar-refractivity contribution in [2.75, 3.05) is 6.61 Å². The number of halogens is 1. The van der Waals surface area contributed by atoms with Crippen LogP contribution in [0.2, 0.25) is 0 Å². The molecule has 1 heterocycles. The Kier molecular flexibility index (Phi) is 3.97. The van der Waals surface area contributed by atoms with E-state index < -0.39 is 11.9 Å². The molecule has 0 aliphatic carbocycles. The van der Waals surface area contributed by atoms with Gasteiger partial charge in [0.25, 0.3) is 0 Å². The van der Waals surface area contributed by atoms with Crippen LogP contribution >= 0.6 is 0 Å². The Labute approximate surface area is 117 Å². The van der Waals surface area contributed by atoms with E-state index in [2.05, 4.69) is 0 Å². The van der Waals surface area contributed by atoms with Crippen molar-refractivity contribution in [3.8, 4) is 5.75 Å². The molecule has 20 heavy (non-hydrogen) atoms. The Bertz CT molecular complexity index is 646. The van der Waals surface area contributed by atoms with Crippen LogP contribution in [0.25, 0.3) is 10.9 Å². The zero-order chi connectivity index (χ0) is 14.9. The molecule has 0 atom stereocenters. The summed E-state index contributed by atoms with van der Waals surface area (Å²) in [5.41, 5.74) is 0.717. The van der Waals surface area contributed by atoms with Crippen molar-refractivity contribution in [1.29, 1.82) is 0 Å². The minimum atomic E-state index is -0.573. The maximum Gasteiger partial charge on any atom is 0.418 e. The second-order valence-corrected chi connectivity index (χ2v) is 4.78. The van der Waals surface area contributed by atoms with Crippen molar-refractivity contribution in [3.63, 3.8) is 0 Å². The van der Waals surface area contributed by atoms with Crippen LogP contribution < -0.4 is 4.74 Å². The summed E-state index contributed by atoms with van der Waals surface area (Å²) in [7, 11) is 0. The van der Waals surface area contributed by atoms with Gasteiger partial charge in [-0.15, -0.1) is 0 Å². The van der Waals surface area contributed by atoms with E-state index in [0.717, 1.165) is 0 Å². The van der Waals surface area contributed by atoms with Crippen molar-refractivity contribution in [2.45, 2.75) is 33.8 Å². The number of hydrogen-bond donors (Lipinski definition) is 0. The van der Waals surface area contributed by atoms with Crippen molar-refractivity contribution in [2.24, 2.45) is 0 Å². The third-order valence-corrected chi connectivity index (χ3v) is 2.92. The highest BCUT2D eigenvalue weighted by Crippen LogP contribution is 2.28. The van der Waals surface area contributed by atoms with Crippen LogP contribution in [0.5, 0.6) is 5.75 Å². The minimum Gasteiger partial charge on any atom is -0.491 e. The molecule has 0 unspecified atom stereocenters. The number of aromatic nitrogens is 1. The normalized spacial score (nSPS) is 11.1. The van der Waals surface area contributed by atoms with E-state index in [1.807, 2.05) is 13.8 Å². The first kappa shape index (κ1) is 14.4. The van der Waals surface area contributed by atoms with Crippen molar-refractivity contribution in [1.82, 2.24) is 4.57 Å². The van der Waals surface area contributed by atoms with Gasteiger partial charge < -0.3 is 9.47 Å². The first-order chi connectivity index (χ1) is 9.45. The summed E-state index contributed by atoms with van der Waals surface area (Å²) in [6.07, 6.45) is -0.569. The Morgan fingerprint density at radius 1 is 1.40 bits per heavy atom. The average molecular weight is 279 g/mol. The molecule has 0 aliphatic rings. The molecule has 0 saturated carbocycles. The fourth-order valence-corrected chi connectivity index (χ4v) is 2.13. The molecular weight excluding hydrogens is 261 g/mol. The SMILES string of the molecule is CCOC(=O)n1c(C)c(F)c2cc(OC(C)C)ccc21. The number of benzene rings is 1. The molecule has 1 aromatic carbocycles. The smallest absolute Gasteiger partial charge is 0.418 e. The molecule has 108 valence electrons. The summed E-state index contributed by atoms with van der Waals surface area (Å²) in [5, 5.41) is 0.355. The Morgan fingerprint density at radius 2 is 2.10 bits per heavy atom. The first-order valence-electron chi connectivity index (χ1n) is 6.60. The van der Waals surface area contributed by atoms with Crippen LogP contribution in [0.4, 0.5) is 9.18 Å². The summed E-state index contributed by atoms with van der Waals surface area (Å²) in [6.45, 7) is 7.30. The summed E-state index contributed by atoms with van der Waals surface area (Å²) >= 11 is 0. The van der Waals surface area contributed by atoms with Gasteiger partial charge in [0.1, 0.15) is 5.75 Å². The van der Waals surface area contributed by atoms with Gasteiger partial charge in [0.05, 0.1) is 23.9 Å². The number of rotatable bonds is 3. The summed E-state index contributed by atoms with van der Waals surface area (Å²) in [4.78, 5) is 11.9. The lowest BCUT2D eigenvalue weighted by Crippen LogP contribution is -2.14. The van der Waals surface area contributed by atoms with E-state index in [-0.39, 0.29) is 18.4 Å². The molecule has 1 aromatic heterocycles. The zero-order valence-corrected chi connectivity index (χ0v) is 12.1. The van der Waals surface area contributed by atoms with Gasteiger partial charge in [-0.05, 0) is 45.9 Å². The molecule has 2 aromatic rings. The van der Waals surface area contributed by atoms with Gasteiger partial charge in [-0.3, -0.25) is 0 Å². The quantitative estimate of drug-likeness (QED) is 0.856. The van der Waals surface area contributed by atoms with Gasteiger partial charge in [-0.1, -0.05) is 0 Å². The number of hydrogen-bond acceptors (Lipinski definition) is 3. The number of carbonyl (C=O) groups is 1. The highest BCUT2D eigenvalue weighted by atomic mass is 19.1. The lowest BCUT2D eigenvalue weighted by molar-refractivity contribution is 0.154. The lowest BCUT2D eigenvalue weighted by atomic mass is 10.2. The van der Waals surface area contributed by atoms with Crippen LogP contribution in [0.1, 0.15) is 26.5 Å². The van der Waals surface area contributed by atoms with Crippen molar-refractivity contribution in [3.05, 3.63) is 29.7 Å². The topological polar surface area (TPSA) is 40.5 Å². The van der Waals surface area contributed by atoms with Gasteiger partial charge >= 0.3 is 6.09 Å². The molecule has 0 bridgehead atoms. The summed E-state index contributed by atoms with van der Waals surface area (Å²) in [5.74, 6) is 0.148. The van der Waals surface area contributed by atoms with E-state index in [4.69, 9.17) is 9.47 Å². The van der Waals surface area contributed by atoms with Crippen molar-refractivity contribution >= 4 is 17.0 Å². The monoisotopic (exact) mass is 279 g/mol. The first-order valence-corrected chi connectivity index (χ1v) is 6.60. The standard InChI is InChI=1S/C15H18FNO3/c1-5-19-15(18)17-10(4)14(16)12-8-11(20-9(2)3)6-7-13(12)17/h6-9H,5H2,1-4H3. The highest BCUT2D eigenvalue weighted by molar-refractivity contribution is 5.92. The van der Waals surface area contributed by atoms with E-state index in [1.54, 1.807) is 32.0 Å². The minimum absolute atomic E-state index is 0.00347. The Balaban J connectivity index is 2.56. The maximum atomic E-state index is 14.3. The summed E-state index contributed by atoms with van der Waals surface area (Å²) < 4.78 is 26.0. The molecule has 0 amide bonds. The van der Waals surface area contributed by atoms with Crippen LogP contribution in [-0.4, -0.2) is 23.4 Å². The van der Waals surface area contributed by atoms with Gasteiger partial charge in [0, 0.05) is 5.39 Å². The Hall–Kier alpha value is -2.04. The van der Waals surface area contributed by atoms with Crippen LogP contribution in [0.3, 0.4) is 0 Å². The molecule has 2 rings (SSSR count). The fourth-order valence-electron chi connectivity index (χ4n) is 2.13. The third-order valence-electron chi connectivity index (χ3n) is 2.92. The maximum absolute atomic E-state index is 14.3. The molecule has 0 spiro atoms. The largest absolute Gasteiger partial charge is 0.491 e.